The summed E-state index contributed by atoms with van der Waals surface area (Å²) in [5, 5.41) is 0. The lowest BCUT2D eigenvalue weighted by Crippen LogP contribution is -3.06. The van der Waals surface area contributed by atoms with Crippen molar-refractivity contribution in [2.24, 2.45) is 0 Å². The topological polar surface area (TPSA) is 19.4 Å². The third-order valence-electron chi connectivity index (χ3n) is 4.91. The van der Waals surface area contributed by atoms with E-state index in [0.717, 1.165) is 0 Å². The summed E-state index contributed by atoms with van der Waals surface area (Å²) in [6.07, 6.45) is 0. The van der Waals surface area contributed by atoms with Gasteiger partial charge in [-0.1, -0.05) is 18.2 Å². The summed E-state index contributed by atoms with van der Waals surface area (Å²) in [5.74, 6) is 0. The van der Waals surface area contributed by atoms with Crippen LogP contribution in [0.2, 0.25) is 0 Å². The molecule has 0 N–H and O–H groups in total. The monoisotopic (exact) mass is 352 g/mol. The SMILES string of the molecule is CN(C)[Si]1(N(C)C)N(C)[Si](N(C)C)(N(C)C)N1c1ccccc1. The van der Waals surface area contributed by atoms with Crippen molar-refractivity contribution < 1.29 is 0 Å². The van der Waals surface area contributed by atoms with Gasteiger partial charge in [0, 0.05) is 5.69 Å². The van der Waals surface area contributed by atoms with Crippen LogP contribution in [-0.4, -0.2) is 103 Å². The maximum absolute atomic E-state index is 2.74. The average Bonchev–Trinajstić information content (AvgIpc) is 2.44. The largest absolute Gasteiger partial charge is 0.398 e. The average molecular weight is 353 g/mol. The molecular weight excluding hydrogens is 320 g/mol. The van der Waals surface area contributed by atoms with E-state index in [1.54, 1.807) is 0 Å². The Morgan fingerprint density at radius 3 is 1.30 bits per heavy atom. The van der Waals surface area contributed by atoms with Crippen molar-refractivity contribution >= 4 is 23.1 Å². The number of para-hydroxylation sites is 1. The molecule has 1 aliphatic rings. The van der Waals surface area contributed by atoms with E-state index in [-0.39, 0.29) is 0 Å². The fourth-order valence-electron chi connectivity index (χ4n) is 4.38. The Morgan fingerprint density at radius 1 is 0.652 bits per heavy atom. The van der Waals surface area contributed by atoms with Gasteiger partial charge in [-0.25, -0.2) is 0 Å². The third-order valence-corrected chi connectivity index (χ3v) is 16.8. The molecule has 1 aliphatic heterocycles. The van der Waals surface area contributed by atoms with Gasteiger partial charge in [-0.05, 0) is 75.6 Å². The van der Waals surface area contributed by atoms with Crippen LogP contribution in [0.5, 0.6) is 0 Å². The predicted molar refractivity (Wildman–Crippen MR) is 103 cm³/mol. The predicted octanol–water partition coefficient (Wildman–Crippen LogP) is 0.556. The second-order valence-electron chi connectivity index (χ2n) is 7.01. The van der Waals surface area contributed by atoms with Crippen LogP contribution in [-0.2, 0) is 0 Å². The molecular formula is C15H32N6Si2. The van der Waals surface area contributed by atoms with Crippen LogP contribution in [0, 0.1) is 0 Å². The zero-order chi connectivity index (χ0) is 17.6. The second kappa shape index (κ2) is 6.28. The van der Waals surface area contributed by atoms with E-state index < -0.39 is 17.4 Å². The maximum atomic E-state index is 2.74. The zero-order valence-electron chi connectivity index (χ0n) is 16.1. The summed E-state index contributed by atoms with van der Waals surface area (Å²) in [4.78, 5) is 0. The van der Waals surface area contributed by atoms with Gasteiger partial charge in [0.2, 0.25) is 0 Å². The fraction of sp³-hybridized carbons (Fsp3) is 0.600. The number of benzene rings is 1. The minimum atomic E-state index is -2.12. The zero-order valence-corrected chi connectivity index (χ0v) is 18.1. The van der Waals surface area contributed by atoms with Gasteiger partial charge in [0.1, 0.15) is 0 Å². The third kappa shape index (κ3) is 2.24. The van der Waals surface area contributed by atoms with Crippen molar-refractivity contribution in [2.75, 3.05) is 67.7 Å². The summed E-state index contributed by atoms with van der Waals surface area (Å²) in [5.41, 5.74) is 1.31. The molecule has 130 valence electrons. The summed E-state index contributed by atoms with van der Waals surface area (Å²) in [6.45, 7) is 0. The highest BCUT2D eigenvalue weighted by atomic mass is 28.5. The van der Waals surface area contributed by atoms with Gasteiger partial charge in [0.25, 0.3) is 0 Å². The van der Waals surface area contributed by atoms with Crippen molar-refractivity contribution in [2.45, 2.75) is 0 Å². The first kappa shape index (κ1) is 18.6. The van der Waals surface area contributed by atoms with Crippen LogP contribution >= 0.6 is 0 Å². The molecule has 0 saturated carbocycles. The van der Waals surface area contributed by atoms with Crippen LogP contribution in [0.15, 0.2) is 30.3 Å². The smallest absolute Gasteiger partial charge is 0.351 e. The molecule has 0 atom stereocenters. The lowest BCUT2D eigenvalue weighted by atomic mass is 10.3. The van der Waals surface area contributed by atoms with E-state index in [2.05, 4.69) is 120 Å². The van der Waals surface area contributed by atoms with Gasteiger partial charge < -0.3 is 4.23 Å². The Bertz CT molecular complexity index is 490. The molecule has 0 unspecified atom stereocenters. The molecule has 1 heterocycles. The van der Waals surface area contributed by atoms with E-state index >= 15 is 0 Å². The fourth-order valence-corrected chi connectivity index (χ4v) is 20.4. The molecule has 1 aromatic carbocycles. The molecule has 0 spiro atoms. The lowest BCUT2D eigenvalue weighted by molar-refractivity contribution is 0.304. The minimum absolute atomic E-state index is 1.31. The van der Waals surface area contributed by atoms with E-state index in [1.807, 2.05) is 0 Å². The molecule has 0 radical (unpaired) electrons. The summed E-state index contributed by atoms with van der Waals surface area (Å²) < 4.78 is 15.1. The van der Waals surface area contributed by atoms with Crippen molar-refractivity contribution in [1.29, 1.82) is 0 Å². The molecule has 1 saturated heterocycles. The summed E-state index contributed by atoms with van der Waals surface area (Å²) in [6, 6.07) is 10.9. The molecule has 0 bridgehead atoms. The van der Waals surface area contributed by atoms with Crippen LogP contribution in [0.1, 0.15) is 0 Å². The molecule has 23 heavy (non-hydrogen) atoms. The number of rotatable bonds is 5. The van der Waals surface area contributed by atoms with E-state index in [9.17, 15) is 0 Å². The molecule has 0 aliphatic carbocycles. The van der Waals surface area contributed by atoms with E-state index in [1.165, 1.54) is 5.69 Å². The Morgan fingerprint density at radius 2 is 1.00 bits per heavy atom. The van der Waals surface area contributed by atoms with Crippen molar-refractivity contribution in [3.8, 4) is 0 Å². The molecule has 1 aromatic rings. The quantitative estimate of drug-likeness (QED) is 0.716. The number of hydrogen-bond acceptors (Lipinski definition) is 6. The molecule has 1 fully saturated rings. The van der Waals surface area contributed by atoms with Crippen molar-refractivity contribution in [3.63, 3.8) is 0 Å². The van der Waals surface area contributed by atoms with Gasteiger partial charge in [-0.3, -0.25) is 22.5 Å². The highest BCUT2D eigenvalue weighted by molar-refractivity contribution is 7.09. The molecule has 6 nitrogen and oxygen atoms in total. The van der Waals surface area contributed by atoms with E-state index in [0.29, 0.717) is 0 Å². The first-order chi connectivity index (χ1) is 10.7. The van der Waals surface area contributed by atoms with E-state index in [4.69, 9.17) is 0 Å². The van der Waals surface area contributed by atoms with Gasteiger partial charge in [-0.2, -0.15) is 0 Å². The highest BCUT2D eigenvalue weighted by Gasteiger charge is 2.77. The van der Waals surface area contributed by atoms with Gasteiger partial charge in [0.05, 0.1) is 0 Å². The number of anilines is 1. The van der Waals surface area contributed by atoms with Crippen molar-refractivity contribution in [3.05, 3.63) is 30.3 Å². The molecule has 2 rings (SSSR count). The summed E-state index contributed by atoms with van der Waals surface area (Å²) >= 11 is 0. The van der Waals surface area contributed by atoms with Crippen LogP contribution in [0.4, 0.5) is 5.69 Å². The van der Waals surface area contributed by atoms with Crippen LogP contribution in [0.3, 0.4) is 0 Å². The van der Waals surface area contributed by atoms with Crippen LogP contribution in [0.25, 0.3) is 0 Å². The lowest BCUT2D eigenvalue weighted by Gasteiger charge is -2.74. The normalized spacial score (nSPS) is 20.7. The highest BCUT2D eigenvalue weighted by Crippen LogP contribution is 2.44. The Kier molecular flexibility index (Phi) is 5.08. The number of nitrogens with zero attached hydrogens (tertiary/aromatic N) is 6. The second-order valence-corrected chi connectivity index (χ2v) is 16.1. The molecule has 0 aromatic heterocycles. The Hall–Kier alpha value is -0.746. The Labute approximate surface area is 144 Å². The van der Waals surface area contributed by atoms with Gasteiger partial charge in [-0.15, -0.1) is 0 Å². The first-order valence-electron chi connectivity index (χ1n) is 7.95. The molecule has 8 heteroatoms. The summed E-state index contributed by atoms with van der Waals surface area (Å²) in [7, 11) is 15.7. The van der Waals surface area contributed by atoms with Crippen molar-refractivity contribution in [1.82, 2.24) is 22.5 Å². The van der Waals surface area contributed by atoms with Gasteiger partial charge >= 0.3 is 17.4 Å². The Balaban J connectivity index is 2.72. The minimum Gasteiger partial charge on any atom is -0.351 e. The molecule has 0 amide bonds. The van der Waals surface area contributed by atoms with Gasteiger partial charge in [0.15, 0.2) is 0 Å². The van der Waals surface area contributed by atoms with Crippen LogP contribution < -0.4 is 4.23 Å². The maximum Gasteiger partial charge on any atom is 0.398 e. The number of hydrogen-bond donors (Lipinski definition) is 0. The standard InChI is InChI=1S/C15H32N6Si2/c1-16(2)22(17(3)4)20(9)23(18(5)6,19(7)8)21(22)15-13-11-10-12-14-15/h10-14H,1-9H3. The first-order valence-corrected chi connectivity index (χ1v) is 11.5.